The van der Waals surface area contributed by atoms with Crippen LogP contribution in [0.15, 0.2) is 24.3 Å². The van der Waals surface area contributed by atoms with E-state index in [1.807, 2.05) is 0 Å². The monoisotopic (exact) mass is 271 g/mol. The van der Waals surface area contributed by atoms with E-state index in [1.165, 1.54) is 19.1 Å². The zero-order valence-electron chi connectivity index (χ0n) is 10.7. The molecule has 3 N–H and O–H groups in total. The van der Waals surface area contributed by atoms with Crippen LogP contribution in [0.25, 0.3) is 0 Å². The number of benzene rings is 1. The first-order chi connectivity index (χ1) is 8.94. The summed E-state index contributed by atoms with van der Waals surface area (Å²) in [4.78, 5) is 11.4. The van der Waals surface area contributed by atoms with Crippen LogP contribution in [-0.4, -0.2) is 41.5 Å². The molecule has 0 aromatic heterocycles. The Labute approximate surface area is 111 Å². The molecule has 1 aromatic carbocycles. The van der Waals surface area contributed by atoms with E-state index in [0.717, 1.165) is 0 Å². The van der Waals surface area contributed by atoms with Gasteiger partial charge in [-0.3, -0.25) is 4.79 Å². The maximum atomic E-state index is 13.2. The van der Waals surface area contributed by atoms with Crippen molar-refractivity contribution in [1.82, 2.24) is 5.32 Å². The Kier molecular flexibility index (Phi) is 5.72. The smallest absolute Gasteiger partial charge is 0.223 e. The van der Waals surface area contributed by atoms with E-state index >= 15 is 0 Å². The van der Waals surface area contributed by atoms with Gasteiger partial charge in [-0.25, -0.2) is 4.39 Å². The zero-order chi connectivity index (χ0) is 14.3. The average molecular weight is 271 g/mol. The maximum absolute atomic E-state index is 13.2. The summed E-state index contributed by atoms with van der Waals surface area (Å²) in [5.74, 6) is -0.728. The molecule has 1 unspecified atom stereocenters. The van der Waals surface area contributed by atoms with Crippen LogP contribution >= 0.6 is 0 Å². The van der Waals surface area contributed by atoms with Gasteiger partial charge in [0, 0.05) is 6.54 Å². The van der Waals surface area contributed by atoms with E-state index in [0.29, 0.717) is 0 Å². The Morgan fingerprint density at radius 3 is 2.79 bits per heavy atom. The third-order valence-electron chi connectivity index (χ3n) is 2.43. The van der Waals surface area contributed by atoms with E-state index < -0.39 is 18.0 Å². The summed E-state index contributed by atoms with van der Waals surface area (Å²) >= 11 is 0. The molecule has 0 aliphatic carbocycles. The van der Waals surface area contributed by atoms with Crippen LogP contribution in [0.4, 0.5) is 4.39 Å². The molecule has 106 valence electrons. The molecular weight excluding hydrogens is 253 g/mol. The van der Waals surface area contributed by atoms with Crippen molar-refractivity contribution in [3.05, 3.63) is 30.1 Å². The molecule has 0 radical (unpaired) electrons. The maximum Gasteiger partial charge on any atom is 0.223 e. The predicted molar refractivity (Wildman–Crippen MR) is 67.2 cm³/mol. The molecule has 0 aliphatic heterocycles. The number of carbonyl (C=O) groups is 1. The Bertz CT molecular complexity index is 423. The fourth-order valence-corrected chi connectivity index (χ4v) is 1.25. The largest absolute Gasteiger partial charge is 0.490 e. The van der Waals surface area contributed by atoms with Crippen molar-refractivity contribution in [2.75, 3.05) is 19.8 Å². The molecule has 0 saturated heterocycles. The van der Waals surface area contributed by atoms with Gasteiger partial charge in [0.1, 0.15) is 5.60 Å². The Morgan fingerprint density at radius 1 is 1.47 bits per heavy atom. The minimum Gasteiger partial charge on any atom is -0.490 e. The molecule has 6 heteroatoms. The van der Waals surface area contributed by atoms with Gasteiger partial charge in [-0.1, -0.05) is 12.1 Å². The lowest BCUT2D eigenvalue weighted by Crippen LogP contribution is -2.43. The van der Waals surface area contributed by atoms with E-state index in [4.69, 9.17) is 9.84 Å². The van der Waals surface area contributed by atoms with Gasteiger partial charge in [0.25, 0.3) is 0 Å². The highest BCUT2D eigenvalue weighted by atomic mass is 19.1. The van der Waals surface area contributed by atoms with Gasteiger partial charge >= 0.3 is 0 Å². The van der Waals surface area contributed by atoms with E-state index in [9.17, 15) is 14.3 Å². The molecule has 0 aliphatic rings. The predicted octanol–water partition coefficient (Wildman–Crippen LogP) is 0.454. The number of hydrogen-bond acceptors (Lipinski definition) is 4. The Balaban J connectivity index is 2.26. The number of ether oxygens (including phenoxy) is 1. The van der Waals surface area contributed by atoms with Crippen LogP contribution in [0.2, 0.25) is 0 Å². The summed E-state index contributed by atoms with van der Waals surface area (Å²) in [6, 6.07) is 5.93. The van der Waals surface area contributed by atoms with Gasteiger partial charge < -0.3 is 20.3 Å². The third kappa shape index (κ3) is 5.67. The lowest BCUT2D eigenvalue weighted by Gasteiger charge is -2.20. The molecule has 1 amide bonds. The minimum atomic E-state index is -1.35. The first-order valence-corrected chi connectivity index (χ1v) is 5.92. The van der Waals surface area contributed by atoms with Crippen molar-refractivity contribution in [1.29, 1.82) is 0 Å². The normalized spacial score (nSPS) is 13.7. The van der Waals surface area contributed by atoms with Gasteiger partial charge in [0.2, 0.25) is 5.91 Å². The van der Waals surface area contributed by atoms with E-state index in [1.54, 1.807) is 12.1 Å². The number of rotatable bonds is 7. The van der Waals surface area contributed by atoms with E-state index in [-0.39, 0.29) is 31.2 Å². The van der Waals surface area contributed by atoms with Crippen molar-refractivity contribution in [2.45, 2.75) is 18.9 Å². The molecule has 0 bridgehead atoms. The first kappa shape index (κ1) is 15.4. The second-order valence-electron chi connectivity index (χ2n) is 4.46. The van der Waals surface area contributed by atoms with Crippen molar-refractivity contribution < 1.29 is 24.1 Å². The highest BCUT2D eigenvalue weighted by molar-refractivity contribution is 5.76. The van der Waals surface area contributed by atoms with Crippen LogP contribution in [-0.2, 0) is 4.79 Å². The average Bonchev–Trinajstić information content (AvgIpc) is 2.39. The van der Waals surface area contributed by atoms with Crippen molar-refractivity contribution >= 4 is 5.91 Å². The summed E-state index contributed by atoms with van der Waals surface area (Å²) in [6.45, 7) is 0.943. The molecule has 1 atom stereocenters. The van der Waals surface area contributed by atoms with Crippen molar-refractivity contribution in [3.63, 3.8) is 0 Å². The number of hydrogen-bond donors (Lipinski definition) is 3. The van der Waals surface area contributed by atoms with Crippen LogP contribution in [0.1, 0.15) is 13.3 Å². The third-order valence-corrected chi connectivity index (χ3v) is 2.43. The SMILES string of the molecule is CC(O)(CO)CNC(=O)CCOc1ccccc1F. The highest BCUT2D eigenvalue weighted by Crippen LogP contribution is 2.15. The number of carbonyl (C=O) groups excluding carboxylic acids is 1. The van der Waals surface area contributed by atoms with Gasteiger partial charge in [0.05, 0.1) is 19.6 Å². The molecule has 1 aromatic rings. The summed E-state index contributed by atoms with van der Waals surface area (Å²) in [6.07, 6.45) is 0.0375. The fraction of sp³-hybridized carbons (Fsp3) is 0.462. The van der Waals surface area contributed by atoms with Gasteiger partial charge in [-0.05, 0) is 19.1 Å². The number of aliphatic hydroxyl groups is 2. The summed E-state index contributed by atoms with van der Waals surface area (Å²) in [5.41, 5.74) is -1.35. The molecule has 19 heavy (non-hydrogen) atoms. The van der Waals surface area contributed by atoms with Gasteiger partial charge in [-0.15, -0.1) is 0 Å². The molecule has 0 heterocycles. The standard InChI is InChI=1S/C13H18FNO4/c1-13(18,9-16)8-15-12(17)6-7-19-11-5-3-2-4-10(11)14/h2-5,16,18H,6-9H2,1H3,(H,15,17). The number of amides is 1. The first-order valence-electron chi connectivity index (χ1n) is 5.92. The van der Waals surface area contributed by atoms with Gasteiger partial charge in [-0.2, -0.15) is 0 Å². The number of aliphatic hydroxyl groups excluding tert-OH is 1. The Hall–Kier alpha value is -1.66. The topological polar surface area (TPSA) is 78.8 Å². The number of halogens is 1. The quantitative estimate of drug-likeness (QED) is 0.673. The van der Waals surface area contributed by atoms with Crippen molar-refractivity contribution in [2.24, 2.45) is 0 Å². The molecule has 1 rings (SSSR count). The minimum absolute atomic E-state index is 0.0357. The van der Waals surface area contributed by atoms with E-state index in [2.05, 4.69) is 5.32 Å². The molecule has 0 fully saturated rings. The van der Waals surface area contributed by atoms with Crippen LogP contribution in [0, 0.1) is 5.82 Å². The summed E-state index contributed by atoms with van der Waals surface area (Å²) in [7, 11) is 0. The molecular formula is C13H18FNO4. The molecule has 0 saturated carbocycles. The Morgan fingerprint density at radius 2 is 2.16 bits per heavy atom. The summed E-state index contributed by atoms with van der Waals surface area (Å²) < 4.78 is 18.3. The highest BCUT2D eigenvalue weighted by Gasteiger charge is 2.19. The zero-order valence-corrected chi connectivity index (χ0v) is 10.7. The second kappa shape index (κ2) is 7.06. The lowest BCUT2D eigenvalue weighted by atomic mass is 10.1. The van der Waals surface area contributed by atoms with Crippen LogP contribution in [0.5, 0.6) is 5.75 Å². The second-order valence-corrected chi connectivity index (χ2v) is 4.46. The van der Waals surface area contributed by atoms with Crippen molar-refractivity contribution in [3.8, 4) is 5.75 Å². The molecule has 5 nitrogen and oxygen atoms in total. The number of nitrogens with one attached hydrogen (secondary N) is 1. The molecule has 0 spiro atoms. The van der Waals surface area contributed by atoms with Gasteiger partial charge in [0.15, 0.2) is 11.6 Å². The summed E-state index contributed by atoms with van der Waals surface area (Å²) in [5, 5.41) is 20.7. The number of para-hydroxylation sites is 1. The van der Waals surface area contributed by atoms with Crippen LogP contribution < -0.4 is 10.1 Å². The lowest BCUT2D eigenvalue weighted by molar-refractivity contribution is -0.123. The van der Waals surface area contributed by atoms with Crippen LogP contribution in [0.3, 0.4) is 0 Å². The fourth-order valence-electron chi connectivity index (χ4n) is 1.25.